The number of rotatable bonds is 6. The van der Waals surface area contributed by atoms with E-state index < -0.39 is 14.4 Å². The van der Waals surface area contributed by atoms with E-state index >= 15 is 0 Å². The molecule has 0 aliphatic heterocycles. The summed E-state index contributed by atoms with van der Waals surface area (Å²) in [6.07, 6.45) is -0.452. The third-order valence-corrected chi connectivity index (χ3v) is 10.3. The normalized spacial score (nSPS) is 13.3. The van der Waals surface area contributed by atoms with Crippen molar-refractivity contribution in [2.24, 2.45) is 0 Å². The van der Waals surface area contributed by atoms with Gasteiger partial charge >= 0.3 is 0 Å². The SMILES string of the molecule is CC(O)c1ccc(CO[Si](c2ccccc2)(c2ccccc2)C(C)(C)C)cc1. The Labute approximate surface area is 170 Å². The lowest BCUT2D eigenvalue weighted by atomic mass is 10.1. The fourth-order valence-electron chi connectivity index (χ4n) is 3.85. The highest BCUT2D eigenvalue weighted by atomic mass is 28.4. The lowest BCUT2D eigenvalue weighted by Crippen LogP contribution is -2.66. The molecule has 3 aromatic carbocycles. The van der Waals surface area contributed by atoms with Crippen LogP contribution in [0, 0.1) is 0 Å². The van der Waals surface area contributed by atoms with Gasteiger partial charge in [-0.05, 0) is 33.5 Å². The molecule has 0 fully saturated rings. The van der Waals surface area contributed by atoms with Crippen molar-refractivity contribution in [3.63, 3.8) is 0 Å². The Hall–Kier alpha value is -2.20. The van der Waals surface area contributed by atoms with E-state index in [0.717, 1.165) is 11.1 Å². The van der Waals surface area contributed by atoms with Gasteiger partial charge in [0.2, 0.25) is 0 Å². The molecule has 0 aliphatic rings. The molecule has 0 amide bonds. The second-order valence-corrected chi connectivity index (χ2v) is 12.7. The van der Waals surface area contributed by atoms with Gasteiger partial charge in [0, 0.05) is 0 Å². The summed E-state index contributed by atoms with van der Waals surface area (Å²) < 4.78 is 6.93. The van der Waals surface area contributed by atoms with Crippen LogP contribution >= 0.6 is 0 Å². The Balaban J connectivity index is 2.03. The topological polar surface area (TPSA) is 29.5 Å². The smallest absolute Gasteiger partial charge is 0.261 e. The molecule has 0 bridgehead atoms. The first-order chi connectivity index (χ1) is 13.3. The van der Waals surface area contributed by atoms with Gasteiger partial charge in [0.25, 0.3) is 8.32 Å². The molecule has 1 unspecified atom stereocenters. The van der Waals surface area contributed by atoms with Crippen LogP contribution in [0.1, 0.15) is 44.9 Å². The molecule has 3 aromatic rings. The van der Waals surface area contributed by atoms with Crippen molar-refractivity contribution in [2.45, 2.75) is 45.4 Å². The molecule has 3 heteroatoms. The van der Waals surface area contributed by atoms with Gasteiger partial charge in [0.1, 0.15) is 0 Å². The predicted octanol–water partition coefficient (Wildman–Crippen LogP) is 4.82. The highest BCUT2D eigenvalue weighted by Gasteiger charge is 2.50. The molecule has 0 aliphatic carbocycles. The fourth-order valence-corrected chi connectivity index (χ4v) is 8.38. The average molecular weight is 391 g/mol. The third kappa shape index (κ3) is 4.12. The lowest BCUT2D eigenvalue weighted by molar-refractivity contribution is 0.199. The standard InChI is InChI=1S/C25H30O2Si/c1-20(26)22-17-15-21(16-18-22)19-27-28(25(2,3)4,23-11-7-5-8-12-23)24-13-9-6-10-14-24/h5-18,20,26H,19H2,1-4H3. The van der Waals surface area contributed by atoms with E-state index in [1.807, 2.05) is 12.1 Å². The van der Waals surface area contributed by atoms with Crippen molar-refractivity contribution in [3.8, 4) is 0 Å². The highest BCUT2D eigenvalue weighted by Crippen LogP contribution is 2.37. The summed E-state index contributed by atoms with van der Waals surface area (Å²) in [5.74, 6) is 0. The summed E-state index contributed by atoms with van der Waals surface area (Å²) in [4.78, 5) is 0. The van der Waals surface area contributed by atoms with Crippen molar-refractivity contribution in [1.29, 1.82) is 0 Å². The summed E-state index contributed by atoms with van der Waals surface area (Å²) in [5.41, 5.74) is 2.05. The minimum atomic E-state index is -2.52. The maximum atomic E-state index is 9.75. The zero-order valence-electron chi connectivity index (χ0n) is 17.2. The molecule has 146 valence electrons. The van der Waals surface area contributed by atoms with Crippen molar-refractivity contribution >= 4 is 18.7 Å². The Morgan fingerprint density at radius 1 is 0.786 bits per heavy atom. The van der Waals surface area contributed by atoms with Gasteiger partial charge in [-0.25, -0.2) is 0 Å². The number of benzene rings is 3. The monoisotopic (exact) mass is 390 g/mol. The Bertz CT molecular complexity index is 826. The van der Waals surface area contributed by atoms with Crippen LogP contribution in [-0.4, -0.2) is 13.4 Å². The van der Waals surface area contributed by atoms with E-state index in [-0.39, 0.29) is 5.04 Å². The van der Waals surface area contributed by atoms with Gasteiger partial charge < -0.3 is 9.53 Å². The third-order valence-electron chi connectivity index (χ3n) is 5.33. The quantitative estimate of drug-likeness (QED) is 0.612. The highest BCUT2D eigenvalue weighted by molar-refractivity contribution is 6.99. The van der Waals surface area contributed by atoms with E-state index in [4.69, 9.17) is 4.43 Å². The maximum absolute atomic E-state index is 9.75. The maximum Gasteiger partial charge on any atom is 0.261 e. The molecule has 28 heavy (non-hydrogen) atoms. The van der Waals surface area contributed by atoms with Crippen LogP contribution in [0.15, 0.2) is 84.9 Å². The van der Waals surface area contributed by atoms with Crippen LogP contribution in [0.4, 0.5) is 0 Å². The number of hydrogen-bond acceptors (Lipinski definition) is 2. The summed E-state index contributed by atoms with van der Waals surface area (Å²) in [6.45, 7) is 9.20. The molecule has 1 N–H and O–H groups in total. The molecule has 0 spiro atoms. The van der Waals surface area contributed by atoms with E-state index in [0.29, 0.717) is 6.61 Å². The van der Waals surface area contributed by atoms with Gasteiger partial charge in [0.05, 0.1) is 12.7 Å². The summed E-state index contributed by atoms with van der Waals surface area (Å²) >= 11 is 0. The largest absolute Gasteiger partial charge is 0.403 e. The number of hydrogen-bond donors (Lipinski definition) is 1. The van der Waals surface area contributed by atoms with Gasteiger partial charge in [-0.3, -0.25) is 0 Å². The van der Waals surface area contributed by atoms with E-state index in [1.165, 1.54) is 10.4 Å². The minimum Gasteiger partial charge on any atom is -0.403 e. The Morgan fingerprint density at radius 2 is 1.25 bits per heavy atom. The Morgan fingerprint density at radius 3 is 1.64 bits per heavy atom. The van der Waals surface area contributed by atoms with Crippen LogP contribution in [0.5, 0.6) is 0 Å². The van der Waals surface area contributed by atoms with Gasteiger partial charge in [-0.15, -0.1) is 0 Å². The first kappa shape index (κ1) is 20.5. The molecule has 0 heterocycles. The van der Waals surface area contributed by atoms with Crippen molar-refractivity contribution in [3.05, 3.63) is 96.1 Å². The van der Waals surface area contributed by atoms with Gasteiger partial charge in [-0.1, -0.05) is 106 Å². The lowest BCUT2D eigenvalue weighted by Gasteiger charge is -2.43. The van der Waals surface area contributed by atoms with Gasteiger partial charge in [-0.2, -0.15) is 0 Å². The van der Waals surface area contributed by atoms with Gasteiger partial charge in [0.15, 0.2) is 0 Å². The van der Waals surface area contributed by atoms with E-state index in [9.17, 15) is 5.11 Å². The average Bonchev–Trinajstić information content (AvgIpc) is 2.69. The molecule has 0 radical (unpaired) electrons. The van der Waals surface area contributed by atoms with E-state index in [1.54, 1.807) is 6.92 Å². The number of aliphatic hydroxyl groups excluding tert-OH is 1. The summed E-state index contributed by atoms with van der Waals surface area (Å²) in [5, 5.41) is 12.3. The van der Waals surface area contributed by atoms with E-state index in [2.05, 4.69) is 93.6 Å². The predicted molar refractivity (Wildman–Crippen MR) is 119 cm³/mol. The zero-order valence-corrected chi connectivity index (χ0v) is 18.2. The second-order valence-electron chi connectivity index (χ2n) is 8.37. The molecular formula is C25H30O2Si. The van der Waals surface area contributed by atoms with Crippen molar-refractivity contribution in [2.75, 3.05) is 0 Å². The first-order valence-corrected chi connectivity index (χ1v) is 11.8. The Kier molecular flexibility index (Phi) is 6.19. The van der Waals surface area contributed by atoms with Crippen LogP contribution in [-0.2, 0) is 11.0 Å². The minimum absolute atomic E-state index is 0.0325. The van der Waals surface area contributed by atoms with Crippen LogP contribution < -0.4 is 10.4 Å². The fraction of sp³-hybridized carbons (Fsp3) is 0.280. The van der Waals surface area contributed by atoms with Crippen molar-refractivity contribution < 1.29 is 9.53 Å². The summed E-state index contributed by atoms with van der Waals surface area (Å²) in [6, 6.07) is 29.4. The second kappa shape index (κ2) is 8.44. The molecule has 0 saturated heterocycles. The zero-order chi connectivity index (χ0) is 20.2. The van der Waals surface area contributed by atoms with Crippen LogP contribution in [0.2, 0.25) is 5.04 Å². The molecule has 0 saturated carbocycles. The molecule has 1 atom stereocenters. The summed E-state index contributed by atoms with van der Waals surface area (Å²) in [7, 11) is -2.52. The molecule has 2 nitrogen and oxygen atoms in total. The van der Waals surface area contributed by atoms with Crippen LogP contribution in [0.3, 0.4) is 0 Å². The van der Waals surface area contributed by atoms with Crippen LogP contribution in [0.25, 0.3) is 0 Å². The molecule has 3 rings (SSSR count). The number of aliphatic hydroxyl groups is 1. The van der Waals surface area contributed by atoms with Crippen molar-refractivity contribution in [1.82, 2.24) is 0 Å². The molecular weight excluding hydrogens is 360 g/mol. The molecule has 0 aromatic heterocycles. The first-order valence-electron chi connectivity index (χ1n) is 9.86.